The third-order valence-corrected chi connectivity index (χ3v) is 5.13. The van der Waals surface area contributed by atoms with Gasteiger partial charge in [-0.25, -0.2) is 0 Å². The maximum absolute atomic E-state index is 5.73. The third-order valence-electron chi connectivity index (χ3n) is 5.13. The molecule has 0 saturated carbocycles. The first-order valence-corrected chi connectivity index (χ1v) is 8.46. The van der Waals surface area contributed by atoms with Crippen molar-refractivity contribution < 1.29 is 4.74 Å². The van der Waals surface area contributed by atoms with Crippen LogP contribution in [0.15, 0.2) is 24.3 Å². The number of benzene rings is 1. The second-order valence-electron chi connectivity index (χ2n) is 6.91. The van der Waals surface area contributed by atoms with Crippen molar-refractivity contribution in [3.63, 3.8) is 0 Å². The van der Waals surface area contributed by atoms with E-state index >= 15 is 0 Å². The topological polar surface area (TPSA) is 21.3 Å². The molecule has 2 heteroatoms. The van der Waals surface area contributed by atoms with E-state index in [1.165, 1.54) is 30.4 Å². The average molecular weight is 289 g/mol. The summed E-state index contributed by atoms with van der Waals surface area (Å²) in [6.07, 6.45) is 6.43. The molecule has 1 heterocycles. The first-order valence-electron chi connectivity index (χ1n) is 8.46. The molecule has 1 aromatic carbocycles. The lowest BCUT2D eigenvalue weighted by Gasteiger charge is -2.25. The summed E-state index contributed by atoms with van der Waals surface area (Å²) in [5.41, 5.74) is 3.10. The molecule has 0 spiro atoms. The number of ether oxygens (including phenoxy) is 1. The Labute approximate surface area is 130 Å². The Kier molecular flexibility index (Phi) is 5.83. The quantitative estimate of drug-likeness (QED) is 0.792. The maximum atomic E-state index is 5.73. The second-order valence-corrected chi connectivity index (χ2v) is 6.91. The fourth-order valence-electron chi connectivity index (χ4n) is 3.07. The second kappa shape index (κ2) is 7.42. The Morgan fingerprint density at radius 2 is 2.00 bits per heavy atom. The standard InChI is InChI=1S/C19H31NO/c1-5-19(2,3)16-10-8-15(9-11-16)18(20-4)13-12-17-7-6-14-21-17/h8-11,17-18,20H,5-7,12-14H2,1-4H3. The molecule has 2 atom stereocenters. The monoisotopic (exact) mass is 289 g/mol. The van der Waals surface area contributed by atoms with Gasteiger partial charge in [0.1, 0.15) is 0 Å². The van der Waals surface area contributed by atoms with Crippen molar-refractivity contribution in [1.29, 1.82) is 0 Å². The molecule has 1 N–H and O–H groups in total. The lowest BCUT2D eigenvalue weighted by molar-refractivity contribution is 0.0998. The highest BCUT2D eigenvalue weighted by molar-refractivity contribution is 5.29. The highest BCUT2D eigenvalue weighted by Gasteiger charge is 2.20. The van der Waals surface area contributed by atoms with E-state index in [0.717, 1.165) is 19.4 Å². The summed E-state index contributed by atoms with van der Waals surface area (Å²) in [6.45, 7) is 7.84. The van der Waals surface area contributed by atoms with Gasteiger partial charge in [0.05, 0.1) is 6.10 Å². The summed E-state index contributed by atoms with van der Waals surface area (Å²) >= 11 is 0. The fourth-order valence-corrected chi connectivity index (χ4v) is 3.07. The van der Waals surface area contributed by atoms with Gasteiger partial charge in [0, 0.05) is 12.6 Å². The maximum Gasteiger partial charge on any atom is 0.0576 e. The van der Waals surface area contributed by atoms with Crippen molar-refractivity contribution in [2.24, 2.45) is 0 Å². The summed E-state index contributed by atoms with van der Waals surface area (Å²) in [4.78, 5) is 0. The molecule has 1 saturated heterocycles. The molecule has 118 valence electrons. The smallest absolute Gasteiger partial charge is 0.0576 e. The molecule has 0 bridgehead atoms. The van der Waals surface area contributed by atoms with Gasteiger partial charge in [-0.3, -0.25) is 0 Å². The van der Waals surface area contributed by atoms with E-state index in [2.05, 4.69) is 57.4 Å². The van der Waals surface area contributed by atoms with Gasteiger partial charge in [-0.2, -0.15) is 0 Å². The van der Waals surface area contributed by atoms with E-state index in [1.807, 2.05) is 0 Å². The summed E-state index contributed by atoms with van der Waals surface area (Å²) < 4.78 is 5.73. The van der Waals surface area contributed by atoms with Gasteiger partial charge in [-0.1, -0.05) is 45.0 Å². The minimum absolute atomic E-state index is 0.269. The Bertz CT molecular complexity index is 418. The van der Waals surface area contributed by atoms with Crippen LogP contribution in [0, 0.1) is 0 Å². The van der Waals surface area contributed by atoms with Crippen molar-refractivity contribution in [3.05, 3.63) is 35.4 Å². The molecule has 0 radical (unpaired) electrons. The first kappa shape index (κ1) is 16.5. The zero-order chi connectivity index (χ0) is 15.3. The summed E-state index contributed by atoms with van der Waals surface area (Å²) in [5.74, 6) is 0. The van der Waals surface area contributed by atoms with Crippen molar-refractivity contribution in [1.82, 2.24) is 5.32 Å². The summed E-state index contributed by atoms with van der Waals surface area (Å²) in [7, 11) is 2.06. The lowest BCUT2D eigenvalue weighted by Crippen LogP contribution is -2.19. The Morgan fingerprint density at radius 3 is 2.52 bits per heavy atom. The van der Waals surface area contributed by atoms with Gasteiger partial charge < -0.3 is 10.1 Å². The normalized spacial score (nSPS) is 20.7. The van der Waals surface area contributed by atoms with Crippen LogP contribution in [0.2, 0.25) is 0 Å². The third kappa shape index (κ3) is 4.31. The molecular weight excluding hydrogens is 258 g/mol. The number of hydrogen-bond acceptors (Lipinski definition) is 2. The van der Waals surface area contributed by atoms with Crippen LogP contribution in [-0.4, -0.2) is 19.8 Å². The molecule has 1 aliphatic heterocycles. The van der Waals surface area contributed by atoms with Crippen LogP contribution in [0.1, 0.15) is 70.0 Å². The van der Waals surface area contributed by atoms with Gasteiger partial charge in [-0.05, 0) is 55.7 Å². The molecule has 0 aliphatic carbocycles. The summed E-state index contributed by atoms with van der Waals surface area (Å²) in [6, 6.07) is 9.63. The Balaban J connectivity index is 1.97. The number of nitrogens with one attached hydrogen (secondary N) is 1. The van der Waals surface area contributed by atoms with E-state index in [1.54, 1.807) is 0 Å². The Morgan fingerprint density at radius 1 is 1.29 bits per heavy atom. The molecule has 1 aliphatic rings. The van der Waals surface area contributed by atoms with Gasteiger partial charge in [0.25, 0.3) is 0 Å². The zero-order valence-corrected chi connectivity index (χ0v) is 14.1. The van der Waals surface area contributed by atoms with Gasteiger partial charge >= 0.3 is 0 Å². The van der Waals surface area contributed by atoms with Crippen molar-refractivity contribution in [2.75, 3.05) is 13.7 Å². The molecule has 1 fully saturated rings. The fraction of sp³-hybridized carbons (Fsp3) is 0.684. The van der Waals surface area contributed by atoms with Crippen molar-refractivity contribution >= 4 is 0 Å². The van der Waals surface area contributed by atoms with Crippen LogP contribution < -0.4 is 5.32 Å². The van der Waals surface area contributed by atoms with Crippen LogP contribution in [0.3, 0.4) is 0 Å². The van der Waals surface area contributed by atoms with Gasteiger partial charge in [0.15, 0.2) is 0 Å². The van der Waals surface area contributed by atoms with Crippen LogP contribution in [-0.2, 0) is 10.2 Å². The SMILES string of the molecule is CCC(C)(C)c1ccc(C(CCC2CCCO2)NC)cc1. The van der Waals surface area contributed by atoms with Crippen molar-refractivity contribution in [2.45, 2.75) is 70.4 Å². The summed E-state index contributed by atoms with van der Waals surface area (Å²) in [5, 5.41) is 3.46. The molecule has 0 amide bonds. The van der Waals surface area contributed by atoms with Crippen molar-refractivity contribution in [3.8, 4) is 0 Å². The van der Waals surface area contributed by atoms with E-state index in [0.29, 0.717) is 12.1 Å². The van der Waals surface area contributed by atoms with Crippen LogP contribution in [0.25, 0.3) is 0 Å². The highest BCUT2D eigenvalue weighted by Crippen LogP contribution is 2.29. The molecule has 0 aromatic heterocycles. The van der Waals surface area contributed by atoms with E-state index < -0.39 is 0 Å². The van der Waals surface area contributed by atoms with E-state index in [9.17, 15) is 0 Å². The molecule has 2 rings (SSSR count). The highest BCUT2D eigenvalue weighted by atomic mass is 16.5. The van der Waals surface area contributed by atoms with Gasteiger partial charge in [-0.15, -0.1) is 0 Å². The minimum Gasteiger partial charge on any atom is -0.378 e. The Hall–Kier alpha value is -0.860. The van der Waals surface area contributed by atoms with Gasteiger partial charge in [0.2, 0.25) is 0 Å². The van der Waals surface area contributed by atoms with Crippen LogP contribution in [0.5, 0.6) is 0 Å². The predicted molar refractivity (Wildman–Crippen MR) is 89.8 cm³/mol. The number of rotatable bonds is 7. The lowest BCUT2D eigenvalue weighted by atomic mass is 9.81. The predicted octanol–water partition coefficient (Wildman–Crippen LogP) is 4.59. The van der Waals surface area contributed by atoms with E-state index in [-0.39, 0.29) is 5.41 Å². The molecule has 2 unspecified atom stereocenters. The first-order chi connectivity index (χ1) is 10.1. The largest absolute Gasteiger partial charge is 0.378 e. The zero-order valence-electron chi connectivity index (χ0n) is 14.1. The van der Waals surface area contributed by atoms with E-state index in [4.69, 9.17) is 4.74 Å². The average Bonchev–Trinajstić information content (AvgIpc) is 3.02. The molecule has 2 nitrogen and oxygen atoms in total. The molecular formula is C19H31NO. The van der Waals surface area contributed by atoms with Crippen LogP contribution in [0.4, 0.5) is 0 Å². The minimum atomic E-state index is 0.269. The number of hydrogen-bond donors (Lipinski definition) is 1. The van der Waals surface area contributed by atoms with Crippen LogP contribution >= 0.6 is 0 Å². The molecule has 1 aromatic rings. The molecule has 21 heavy (non-hydrogen) atoms.